The summed E-state index contributed by atoms with van der Waals surface area (Å²) in [5.74, 6) is -0.829. The molecule has 0 rings (SSSR count). The Labute approximate surface area is 80.2 Å². The molecule has 0 spiro atoms. The Morgan fingerprint density at radius 1 is 1.38 bits per heavy atom. The Bertz CT molecular complexity index is 244. The maximum Gasteiger partial charge on any atom is 0.249 e. The van der Waals surface area contributed by atoms with Crippen molar-refractivity contribution in [2.45, 2.75) is 38.4 Å². The molecular weight excluding hydrogens is 183 g/mol. The minimum Gasteiger partial charge on any atom is -0.314 e. The summed E-state index contributed by atoms with van der Waals surface area (Å²) in [6.45, 7) is 6.64. The van der Waals surface area contributed by atoms with Crippen LogP contribution in [-0.4, -0.2) is 8.41 Å². The first-order valence-electron chi connectivity index (χ1n) is 4.31. The number of halogens is 1. The third kappa shape index (κ3) is 2.08. The molecule has 4 heteroatoms. The molecule has 0 aliphatic carbocycles. The van der Waals surface area contributed by atoms with Crippen molar-refractivity contribution in [1.29, 1.82) is 10.5 Å². The van der Waals surface area contributed by atoms with Crippen LogP contribution in [0.5, 0.6) is 0 Å². The van der Waals surface area contributed by atoms with Crippen molar-refractivity contribution in [2.24, 2.45) is 5.92 Å². The van der Waals surface area contributed by atoms with Crippen molar-refractivity contribution in [3.05, 3.63) is 0 Å². The molecule has 0 fully saturated rings. The molecule has 0 bridgehead atoms. The van der Waals surface area contributed by atoms with Crippen LogP contribution in [0.15, 0.2) is 0 Å². The van der Waals surface area contributed by atoms with E-state index >= 15 is 0 Å². The molecule has 0 aromatic carbocycles. The lowest BCUT2D eigenvalue weighted by atomic mass is 9.93. The van der Waals surface area contributed by atoms with Crippen LogP contribution in [-0.2, 0) is 0 Å². The monoisotopic (exact) mass is 198 g/mol. The zero-order valence-electron chi connectivity index (χ0n) is 8.56. The van der Waals surface area contributed by atoms with Gasteiger partial charge >= 0.3 is 0 Å². The summed E-state index contributed by atoms with van der Waals surface area (Å²) >= 11 is 0. The molecule has 0 aromatic heterocycles. The fourth-order valence-electron chi connectivity index (χ4n) is 1.28. The zero-order chi connectivity index (χ0) is 10.7. The Morgan fingerprint density at radius 2 is 1.77 bits per heavy atom. The minimum atomic E-state index is -2.96. The molecule has 0 aliphatic rings. The molecule has 2 nitrogen and oxygen atoms in total. The predicted molar refractivity (Wildman–Crippen MR) is 52.0 cm³/mol. The molecule has 13 heavy (non-hydrogen) atoms. The first-order valence-corrected chi connectivity index (χ1v) is 7.19. The van der Waals surface area contributed by atoms with Gasteiger partial charge in [-0.3, -0.25) is 0 Å². The van der Waals surface area contributed by atoms with Crippen molar-refractivity contribution in [2.75, 3.05) is 0 Å². The van der Waals surface area contributed by atoms with E-state index in [9.17, 15) is 4.11 Å². The molecule has 0 amide bonds. The molecule has 0 heterocycles. The Kier molecular flexibility index (Phi) is 3.63. The maximum absolute atomic E-state index is 13.9. The van der Waals surface area contributed by atoms with Crippen LogP contribution in [0.1, 0.15) is 20.3 Å². The van der Waals surface area contributed by atoms with Gasteiger partial charge in [-0.1, -0.05) is 13.8 Å². The fourth-order valence-corrected chi connectivity index (χ4v) is 2.94. The van der Waals surface area contributed by atoms with Crippen molar-refractivity contribution in [1.82, 2.24) is 0 Å². The predicted octanol–water partition coefficient (Wildman–Crippen LogP) is 2.99. The lowest BCUT2D eigenvalue weighted by Crippen LogP contribution is -2.40. The topological polar surface area (TPSA) is 47.6 Å². The molecule has 0 saturated carbocycles. The van der Waals surface area contributed by atoms with Crippen LogP contribution < -0.4 is 0 Å². The standard InChI is InChI=1S/C9H15FN2Si/c1-5-9(2,13(3,4)10)8(6-11)7-12/h8H,5H2,1-4H3. The van der Waals surface area contributed by atoms with Gasteiger partial charge in [-0.05, 0) is 19.5 Å². The summed E-state index contributed by atoms with van der Waals surface area (Å²) in [6.07, 6.45) is 0.536. The van der Waals surface area contributed by atoms with Gasteiger partial charge in [0.25, 0.3) is 0 Å². The molecule has 0 aliphatic heterocycles. The summed E-state index contributed by atoms with van der Waals surface area (Å²) in [4.78, 5) is 0. The smallest absolute Gasteiger partial charge is 0.249 e. The van der Waals surface area contributed by atoms with Crippen molar-refractivity contribution >= 4 is 8.41 Å². The van der Waals surface area contributed by atoms with Crippen LogP contribution in [0.3, 0.4) is 0 Å². The van der Waals surface area contributed by atoms with Gasteiger partial charge in [0.05, 0.1) is 12.1 Å². The average Bonchev–Trinajstić information content (AvgIpc) is 2.04. The number of hydrogen-bond donors (Lipinski definition) is 0. The highest BCUT2D eigenvalue weighted by Gasteiger charge is 2.49. The second kappa shape index (κ2) is 3.89. The molecule has 0 radical (unpaired) electrons. The molecule has 0 aromatic rings. The van der Waals surface area contributed by atoms with Gasteiger partial charge in [0, 0.05) is 5.04 Å². The quantitative estimate of drug-likeness (QED) is 0.517. The van der Waals surface area contributed by atoms with Crippen LogP contribution in [0.2, 0.25) is 18.1 Å². The second-order valence-corrected chi connectivity index (χ2v) is 8.02. The number of nitrogens with zero attached hydrogens (tertiary/aromatic N) is 2. The normalized spacial score (nSPS) is 16.0. The van der Waals surface area contributed by atoms with Gasteiger partial charge in [-0.2, -0.15) is 10.5 Å². The van der Waals surface area contributed by atoms with E-state index in [0.717, 1.165) is 0 Å². The molecule has 1 unspecified atom stereocenters. The summed E-state index contributed by atoms with van der Waals surface area (Å²) in [5.41, 5.74) is 0. The Balaban J connectivity index is 5.10. The third-order valence-corrected chi connectivity index (χ3v) is 6.35. The molecular formula is C9H15FN2Si. The first-order chi connectivity index (χ1) is 5.83. The fraction of sp³-hybridized carbons (Fsp3) is 0.778. The van der Waals surface area contributed by atoms with E-state index in [1.807, 2.05) is 19.1 Å². The van der Waals surface area contributed by atoms with E-state index in [0.29, 0.717) is 6.42 Å². The van der Waals surface area contributed by atoms with Gasteiger partial charge in [0.15, 0.2) is 0 Å². The Hall–Kier alpha value is -0.873. The first kappa shape index (κ1) is 12.1. The zero-order valence-corrected chi connectivity index (χ0v) is 9.56. The van der Waals surface area contributed by atoms with Crippen LogP contribution >= 0.6 is 0 Å². The number of nitriles is 2. The van der Waals surface area contributed by atoms with E-state index in [2.05, 4.69) is 0 Å². The highest BCUT2D eigenvalue weighted by Crippen LogP contribution is 2.48. The average molecular weight is 198 g/mol. The van der Waals surface area contributed by atoms with Crippen LogP contribution in [0, 0.1) is 28.6 Å². The Morgan fingerprint density at radius 3 is 1.85 bits per heavy atom. The van der Waals surface area contributed by atoms with E-state index in [4.69, 9.17) is 10.5 Å². The molecule has 72 valence electrons. The van der Waals surface area contributed by atoms with Crippen LogP contribution in [0.4, 0.5) is 4.11 Å². The van der Waals surface area contributed by atoms with Crippen LogP contribution in [0.25, 0.3) is 0 Å². The summed E-state index contributed by atoms with van der Waals surface area (Å²) in [6, 6.07) is 3.77. The van der Waals surface area contributed by atoms with E-state index in [1.165, 1.54) is 0 Å². The maximum atomic E-state index is 13.9. The van der Waals surface area contributed by atoms with Gasteiger partial charge in [-0.15, -0.1) is 0 Å². The van der Waals surface area contributed by atoms with Gasteiger partial charge in [0.1, 0.15) is 5.92 Å². The van der Waals surface area contributed by atoms with E-state index in [-0.39, 0.29) is 0 Å². The summed E-state index contributed by atoms with van der Waals surface area (Å²) < 4.78 is 13.9. The second-order valence-electron chi connectivity index (χ2n) is 3.93. The van der Waals surface area contributed by atoms with E-state index < -0.39 is 19.4 Å². The number of rotatable bonds is 3. The van der Waals surface area contributed by atoms with Crippen molar-refractivity contribution in [3.63, 3.8) is 0 Å². The molecule has 0 N–H and O–H groups in total. The summed E-state index contributed by atoms with van der Waals surface area (Å²) in [5, 5.41) is 16.7. The molecule has 0 saturated heterocycles. The van der Waals surface area contributed by atoms with Crippen molar-refractivity contribution < 1.29 is 4.11 Å². The highest BCUT2D eigenvalue weighted by atomic mass is 28.4. The summed E-state index contributed by atoms with van der Waals surface area (Å²) in [7, 11) is -2.96. The third-order valence-electron chi connectivity index (χ3n) is 2.99. The van der Waals surface area contributed by atoms with Gasteiger partial charge < -0.3 is 4.11 Å². The molecule has 1 atom stereocenters. The minimum absolute atomic E-state index is 0.536. The van der Waals surface area contributed by atoms with Gasteiger partial charge in [0.2, 0.25) is 8.41 Å². The SMILES string of the molecule is CCC(C)(C(C#N)C#N)[Si](C)(C)F. The number of hydrogen-bond acceptors (Lipinski definition) is 2. The largest absolute Gasteiger partial charge is 0.314 e. The van der Waals surface area contributed by atoms with E-state index in [1.54, 1.807) is 20.0 Å². The lowest BCUT2D eigenvalue weighted by Gasteiger charge is -2.36. The van der Waals surface area contributed by atoms with Gasteiger partial charge in [-0.25, -0.2) is 0 Å². The van der Waals surface area contributed by atoms with Crippen molar-refractivity contribution in [3.8, 4) is 12.1 Å². The highest BCUT2D eigenvalue weighted by molar-refractivity contribution is 6.73. The lowest BCUT2D eigenvalue weighted by molar-refractivity contribution is 0.462.